The minimum atomic E-state index is 0.150. The quantitative estimate of drug-likeness (QED) is 0.559. The summed E-state index contributed by atoms with van der Waals surface area (Å²) in [5, 5.41) is 11.7. The number of fused-ring (bicyclic) bond motifs is 1. The molecule has 0 unspecified atom stereocenters. The summed E-state index contributed by atoms with van der Waals surface area (Å²) in [7, 11) is 0. The maximum atomic E-state index is 10.8. The van der Waals surface area contributed by atoms with Crippen molar-refractivity contribution in [3.8, 4) is 5.75 Å². The number of para-hydroxylation sites is 1. The second kappa shape index (κ2) is 2.53. The van der Waals surface area contributed by atoms with E-state index < -0.39 is 0 Å². The number of nitrogens with zero attached hydrogens (tertiary/aromatic N) is 1. The highest BCUT2D eigenvalue weighted by atomic mass is 16.6. The largest absolute Gasteiger partial charge is 0.783 e. The molecule has 1 aromatic rings. The van der Waals surface area contributed by atoms with Gasteiger partial charge in [-0.05, 0) is 6.07 Å². The molecule has 1 aromatic carbocycles. The first-order chi connectivity index (χ1) is 5.36. The molecule has 3 nitrogen and oxygen atoms in total. The maximum absolute atomic E-state index is 10.8. The lowest BCUT2D eigenvalue weighted by atomic mass is 10.2. The van der Waals surface area contributed by atoms with Crippen LogP contribution < -0.4 is 4.74 Å². The zero-order chi connectivity index (χ0) is 7.68. The van der Waals surface area contributed by atoms with Crippen molar-refractivity contribution in [2.45, 2.75) is 6.54 Å². The van der Waals surface area contributed by atoms with Crippen LogP contribution in [0, 0.1) is 5.21 Å². The molecule has 0 amide bonds. The summed E-state index contributed by atoms with van der Waals surface area (Å²) < 4.78 is 5.15. The number of rotatable bonds is 0. The number of ether oxygens (including phenoxy) is 1. The van der Waals surface area contributed by atoms with Gasteiger partial charge in [-0.3, -0.25) is 0 Å². The van der Waals surface area contributed by atoms with Gasteiger partial charge in [0.2, 0.25) is 0 Å². The third-order valence-corrected chi connectivity index (χ3v) is 1.68. The zero-order valence-electron chi connectivity index (χ0n) is 5.99. The fourth-order valence-corrected chi connectivity index (χ4v) is 1.15. The Balaban J connectivity index is 2.34. The first kappa shape index (κ1) is 6.64. The van der Waals surface area contributed by atoms with E-state index in [4.69, 9.17) is 4.74 Å². The fraction of sp³-hybridized carbons (Fsp3) is 0.250. The molecule has 0 aliphatic carbocycles. The van der Waals surface area contributed by atoms with Crippen LogP contribution >= 0.6 is 0 Å². The molecule has 0 bridgehead atoms. The molecule has 58 valence electrons. The summed E-state index contributed by atoms with van der Waals surface area (Å²) in [6.07, 6.45) is 0. The molecule has 0 atom stereocenters. The van der Waals surface area contributed by atoms with E-state index in [0.717, 1.165) is 16.4 Å². The molecular weight excluding hydrogens is 142 g/mol. The molecule has 0 spiro atoms. The molecule has 1 heterocycles. The van der Waals surface area contributed by atoms with Crippen molar-refractivity contribution in [3.05, 3.63) is 35.0 Å². The number of hydroxylamine groups is 2. The molecular formula is C8H8NO2-. The molecule has 0 radical (unpaired) electrons. The highest BCUT2D eigenvalue weighted by molar-refractivity contribution is 5.34. The molecule has 0 aromatic heterocycles. The van der Waals surface area contributed by atoms with Crippen LogP contribution in [0.4, 0.5) is 0 Å². The summed E-state index contributed by atoms with van der Waals surface area (Å²) in [6.45, 7) is 0.590. The van der Waals surface area contributed by atoms with Crippen molar-refractivity contribution in [2.75, 3.05) is 6.73 Å². The lowest BCUT2D eigenvalue weighted by molar-refractivity contribution is 0.141. The molecule has 1 aliphatic heterocycles. The van der Waals surface area contributed by atoms with E-state index in [0.29, 0.717) is 6.54 Å². The highest BCUT2D eigenvalue weighted by Gasteiger charge is 2.08. The maximum Gasteiger partial charge on any atom is 0.131 e. The van der Waals surface area contributed by atoms with Crippen molar-refractivity contribution < 1.29 is 4.74 Å². The Labute approximate surface area is 64.8 Å². The second-order valence-corrected chi connectivity index (χ2v) is 2.52. The van der Waals surface area contributed by atoms with Crippen molar-refractivity contribution in [1.29, 1.82) is 0 Å². The molecule has 0 saturated heterocycles. The normalized spacial score (nSPS) is 17.2. The molecule has 1 aliphatic rings. The molecule has 0 N–H and O–H groups in total. The van der Waals surface area contributed by atoms with E-state index in [9.17, 15) is 5.21 Å². The van der Waals surface area contributed by atoms with Crippen LogP contribution in [0.25, 0.3) is 0 Å². The topological polar surface area (TPSA) is 35.5 Å². The Morgan fingerprint density at radius 1 is 1.36 bits per heavy atom. The molecule has 0 fully saturated rings. The van der Waals surface area contributed by atoms with Crippen LogP contribution in [0.5, 0.6) is 5.75 Å². The second-order valence-electron chi connectivity index (χ2n) is 2.52. The lowest BCUT2D eigenvalue weighted by Crippen LogP contribution is -2.26. The number of hydrogen-bond acceptors (Lipinski definition) is 3. The first-order valence-corrected chi connectivity index (χ1v) is 3.49. The predicted octanol–water partition coefficient (Wildman–Crippen LogP) is 1.34. The van der Waals surface area contributed by atoms with Gasteiger partial charge >= 0.3 is 0 Å². The van der Waals surface area contributed by atoms with Crippen molar-refractivity contribution in [1.82, 2.24) is 5.06 Å². The minimum absolute atomic E-state index is 0.150. The van der Waals surface area contributed by atoms with Gasteiger partial charge in [0.25, 0.3) is 0 Å². The van der Waals surface area contributed by atoms with Crippen LogP contribution in [0.1, 0.15) is 5.56 Å². The van der Waals surface area contributed by atoms with E-state index in [1.165, 1.54) is 0 Å². The summed E-state index contributed by atoms with van der Waals surface area (Å²) in [6, 6.07) is 7.59. The summed E-state index contributed by atoms with van der Waals surface area (Å²) in [4.78, 5) is 0. The standard InChI is InChI=1S/C8H8NO2/c10-9-5-7-3-1-2-4-8(7)11-6-9/h1-4H,5-6H2/q-1. The van der Waals surface area contributed by atoms with Crippen molar-refractivity contribution in [3.63, 3.8) is 0 Å². The number of hydrogen-bond donors (Lipinski definition) is 0. The Morgan fingerprint density at radius 2 is 2.18 bits per heavy atom. The van der Waals surface area contributed by atoms with Gasteiger partial charge in [-0.1, -0.05) is 18.2 Å². The van der Waals surface area contributed by atoms with Crippen molar-refractivity contribution >= 4 is 0 Å². The van der Waals surface area contributed by atoms with Gasteiger partial charge in [-0.25, -0.2) is 0 Å². The van der Waals surface area contributed by atoms with Gasteiger partial charge in [0.05, 0.1) is 0 Å². The number of benzene rings is 1. The van der Waals surface area contributed by atoms with E-state index in [-0.39, 0.29) is 6.73 Å². The van der Waals surface area contributed by atoms with Gasteiger partial charge in [0.15, 0.2) is 0 Å². The predicted molar refractivity (Wildman–Crippen MR) is 40.8 cm³/mol. The SMILES string of the molecule is [O-]N1COc2ccccc2C1. The van der Waals surface area contributed by atoms with Crippen LogP contribution in [0.15, 0.2) is 24.3 Å². The Hall–Kier alpha value is -1.06. The van der Waals surface area contributed by atoms with E-state index >= 15 is 0 Å². The summed E-state index contributed by atoms with van der Waals surface area (Å²) in [5.74, 6) is 0.833. The lowest BCUT2D eigenvalue weighted by Gasteiger charge is -2.33. The molecule has 2 rings (SSSR count). The summed E-state index contributed by atoms with van der Waals surface area (Å²) >= 11 is 0. The monoisotopic (exact) mass is 150 g/mol. The Morgan fingerprint density at radius 3 is 3.09 bits per heavy atom. The average Bonchev–Trinajstić information content (AvgIpc) is 2.04. The van der Waals surface area contributed by atoms with Crippen LogP contribution in [-0.4, -0.2) is 11.8 Å². The Bertz CT molecular complexity index is 262. The van der Waals surface area contributed by atoms with Crippen LogP contribution in [0.3, 0.4) is 0 Å². The van der Waals surface area contributed by atoms with E-state index in [2.05, 4.69) is 0 Å². The molecule has 0 saturated carbocycles. The average molecular weight is 150 g/mol. The molecule has 3 heteroatoms. The fourth-order valence-electron chi connectivity index (χ4n) is 1.15. The van der Waals surface area contributed by atoms with Crippen LogP contribution in [0.2, 0.25) is 0 Å². The van der Waals surface area contributed by atoms with Crippen LogP contribution in [-0.2, 0) is 6.54 Å². The van der Waals surface area contributed by atoms with E-state index in [1.807, 2.05) is 24.3 Å². The van der Waals surface area contributed by atoms with Gasteiger partial charge in [0, 0.05) is 12.1 Å². The van der Waals surface area contributed by atoms with E-state index in [1.54, 1.807) is 0 Å². The highest BCUT2D eigenvalue weighted by Crippen LogP contribution is 2.23. The third kappa shape index (κ3) is 1.20. The summed E-state index contributed by atoms with van der Waals surface area (Å²) in [5.41, 5.74) is 0.966. The van der Waals surface area contributed by atoms with Gasteiger partial charge in [-0.2, -0.15) is 0 Å². The van der Waals surface area contributed by atoms with Gasteiger partial charge in [-0.15, -0.1) is 0 Å². The smallest absolute Gasteiger partial charge is 0.131 e. The van der Waals surface area contributed by atoms with Gasteiger partial charge < -0.3 is 15.0 Å². The van der Waals surface area contributed by atoms with Crippen molar-refractivity contribution in [2.24, 2.45) is 0 Å². The zero-order valence-corrected chi connectivity index (χ0v) is 5.99. The minimum Gasteiger partial charge on any atom is -0.783 e. The Kier molecular flexibility index (Phi) is 1.52. The van der Waals surface area contributed by atoms with Gasteiger partial charge in [0.1, 0.15) is 12.5 Å². The molecule has 11 heavy (non-hydrogen) atoms. The first-order valence-electron chi connectivity index (χ1n) is 3.49. The third-order valence-electron chi connectivity index (χ3n) is 1.68.